The quantitative estimate of drug-likeness (QED) is 0.554. The molecule has 0 aliphatic rings. The molecule has 23 heavy (non-hydrogen) atoms. The third-order valence-electron chi connectivity index (χ3n) is 2.63. The molecule has 0 aliphatic carbocycles. The molecule has 0 saturated heterocycles. The SMILES string of the molecule is COP(=O)([O-])c1ccccc1.COP(=O)([O-])c1ccccc1.[Zn+2]. The van der Waals surface area contributed by atoms with Crippen molar-refractivity contribution in [1.82, 2.24) is 0 Å². The van der Waals surface area contributed by atoms with E-state index in [2.05, 4.69) is 9.05 Å². The van der Waals surface area contributed by atoms with E-state index in [1.54, 1.807) is 36.4 Å². The minimum Gasteiger partial charge on any atom is -0.775 e. The average molecular weight is 408 g/mol. The van der Waals surface area contributed by atoms with Crippen molar-refractivity contribution < 1.29 is 47.4 Å². The Morgan fingerprint density at radius 1 is 0.696 bits per heavy atom. The summed E-state index contributed by atoms with van der Waals surface area (Å²) >= 11 is 0. The van der Waals surface area contributed by atoms with Gasteiger partial charge in [-0.15, -0.1) is 0 Å². The predicted molar refractivity (Wildman–Crippen MR) is 81.4 cm³/mol. The first-order valence-electron chi connectivity index (χ1n) is 6.18. The van der Waals surface area contributed by atoms with E-state index in [4.69, 9.17) is 0 Å². The molecule has 0 aromatic heterocycles. The molecule has 0 amide bonds. The van der Waals surface area contributed by atoms with Crippen LogP contribution in [-0.4, -0.2) is 14.2 Å². The van der Waals surface area contributed by atoms with Gasteiger partial charge in [0.05, 0.1) is 0 Å². The second-order valence-corrected chi connectivity index (χ2v) is 7.78. The summed E-state index contributed by atoms with van der Waals surface area (Å²) < 4.78 is 30.7. The fourth-order valence-corrected chi connectivity index (χ4v) is 2.93. The van der Waals surface area contributed by atoms with Gasteiger partial charge in [-0.25, -0.2) is 0 Å². The molecule has 0 spiro atoms. The molecule has 0 N–H and O–H groups in total. The molecule has 0 radical (unpaired) electrons. The number of rotatable bonds is 4. The van der Waals surface area contributed by atoms with E-state index in [1.165, 1.54) is 24.3 Å². The van der Waals surface area contributed by atoms with Gasteiger partial charge in [0.2, 0.25) is 0 Å². The Balaban J connectivity index is 0.000000403. The minimum absolute atomic E-state index is 0. The molecule has 2 rings (SSSR count). The fraction of sp³-hybridized carbons (Fsp3) is 0.143. The van der Waals surface area contributed by atoms with Gasteiger partial charge < -0.3 is 28.0 Å². The summed E-state index contributed by atoms with van der Waals surface area (Å²) in [7, 11) is -5.24. The molecule has 120 valence electrons. The van der Waals surface area contributed by atoms with E-state index in [0.717, 1.165) is 14.2 Å². The van der Waals surface area contributed by atoms with Crippen LogP contribution >= 0.6 is 15.2 Å². The third-order valence-corrected chi connectivity index (χ3v) is 5.45. The van der Waals surface area contributed by atoms with E-state index >= 15 is 0 Å². The molecule has 2 aromatic carbocycles. The van der Waals surface area contributed by atoms with Crippen molar-refractivity contribution in [3.63, 3.8) is 0 Å². The van der Waals surface area contributed by atoms with Gasteiger partial charge >= 0.3 is 19.5 Å². The van der Waals surface area contributed by atoms with E-state index in [9.17, 15) is 18.9 Å². The maximum atomic E-state index is 11.0. The van der Waals surface area contributed by atoms with Crippen molar-refractivity contribution in [2.45, 2.75) is 0 Å². The molecule has 2 unspecified atom stereocenters. The van der Waals surface area contributed by atoms with Crippen LogP contribution in [-0.2, 0) is 37.7 Å². The summed E-state index contributed by atoms with van der Waals surface area (Å²) in [5.41, 5.74) is 0. The van der Waals surface area contributed by atoms with Crippen molar-refractivity contribution in [3.8, 4) is 0 Å². The Morgan fingerprint density at radius 2 is 0.957 bits per heavy atom. The van der Waals surface area contributed by atoms with Gasteiger partial charge in [0, 0.05) is 24.8 Å². The largest absolute Gasteiger partial charge is 2.00 e. The van der Waals surface area contributed by atoms with Crippen molar-refractivity contribution in [3.05, 3.63) is 60.7 Å². The zero-order valence-electron chi connectivity index (χ0n) is 12.8. The fourth-order valence-electron chi connectivity index (χ4n) is 1.43. The van der Waals surface area contributed by atoms with Gasteiger partial charge in [0.25, 0.3) is 0 Å². The molecule has 0 heterocycles. The van der Waals surface area contributed by atoms with Gasteiger partial charge in [-0.1, -0.05) is 60.7 Å². The first kappa shape index (κ1) is 22.4. The summed E-state index contributed by atoms with van der Waals surface area (Å²) in [4.78, 5) is 22.0. The summed E-state index contributed by atoms with van der Waals surface area (Å²) in [6, 6.07) is 16.1. The minimum atomic E-state index is -3.78. The van der Waals surface area contributed by atoms with E-state index in [-0.39, 0.29) is 30.1 Å². The second-order valence-electron chi connectivity index (χ2n) is 4.03. The Labute approximate surface area is 148 Å². The number of hydrogen-bond donors (Lipinski definition) is 0. The van der Waals surface area contributed by atoms with Crippen LogP contribution in [0.25, 0.3) is 0 Å². The van der Waals surface area contributed by atoms with E-state index in [0.29, 0.717) is 0 Å². The third kappa shape index (κ3) is 7.20. The number of hydrogen-bond acceptors (Lipinski definition) is 6. The maximum Gasteiger partial charge on any atom is 2.00 e. The maximum absolute atomic E-state index is 11.0. The van der Waals surface area contributed by atoms with Crippen molar-refractivity contribution >= 4 is 25.8 Å². The number of benzene rings is 2. The van der Waals surface area contributed by atoms with Crippen LogP contribution in [0.5, 0.6) is 0 Å². The van der Waals surface area contributed by atoms with Gasteiger partial charge in [-0.2, -0.15) is 0 Å². The van der Waals surface area contributed by atoms with Crippen LogP contribution < -0.4 is 20.4 Å². The summed E-state index contributed by atoms with van der Waals surface area (Å²) in [5.74, 6) is 0. The molecule has 0 aliphatic heterocycles. The van der Waals surface area contributed by atoms with Crippen LogP contribution in [0, 0.1) is 0 Å². The van der Waals surface area contributed by atoms with Crippen LogP contribution in [0.2, 0.25) is 0 Å². The topological polar surface area (TPSA) is 98.7 Å². The van der Waals surface area contributed by atoms with Crippen LogP contribution in [0.15, 0.2) is 60.7 Å². The van der Waals surface area contributed by atoms with Crippen LogP contribution in [0.1, 0.15) is 0 Å². The first-order valence-corrected chi connectivity index (χ1v) is 9.27. The van der Waals surface area contributed by atoms with Crippen molar-refractivity contribution in [2.75, 3.05) is 14.2 Å². The Bertz CT molecular complexity index is 606. The predicted octanol–water partition coefficient (Wildman–Crippen LogP) is 1.02. The first-order chi connectivity index (χ1) is 10.3. The van der Waals surface area contributed by atoms with Crippen LogP contribution in [0.3, 0.4) is 0 Å². The summed E-state index contributed by atoms with van der Waals surface area (Å²) in [5, 5.41) is 0.421. The Kier molecular flexibility index (Phi) is 9.99. The molecule has 0 bridgehead atoms. The monoisotopic (exact) mass is 406 g/mol. The Hall–Kier alpha value is -0.637. The van der Waals surface area contributed by atoms with Crippen molar-refractivity contribution in [2.24, 2.45) is 0 Å². The standard InChI is InChI=1S/2C7H9O3P.Zn/c2*1-10-11(8,9)7-5-3-2-4-6-7;/h2*2-6H,1H3,(H,8,9);/q;;+2/p-2. The second kappa shape index (κ2) is 10.3. The molecule has 6 nitrogen and oxygen atoms in total. The van der Waals surface area contributed by atoms with Crippen molar-refractivity contribution in [1.29, 1.82) is 0 Å². The van der Waals surface area contributed by atoms with Crippen LogP contribution in [0.4, 0.5) is 0 Å². The average Bonchev–Trinajstić information content (AvgIpc) is 2.57. The van der Waals surface area contributed by atoms with Gasteiger partial charge in [-0.05, 0) is 0 Å². The molecular formula is C14H16O6P2Zn. The molecule has 0 fully saturated rings. The normalized spacial score (nSPS) is 15.1. The van der Waals surface area contributed by atoms with Gasteiger partial charge in [-0.3, -0.25) is 0 Å². The zero-order valence-corrected chi connectivity index (χ0v) is 17.6. The van der Waals surface area contributed by atoms with Gasteiger partial charge in [0.15, 0.2) is 15.2 Å². The molecule has 2 aromatic rings. The molecule has 2 atom stereocenters. The van der Waals surface area contributed by atoms with E-state index in [1.807, 2.05) is 0 Å². The van der Waals surface area contributed by atoms with E-state index < -0.39 is 15.2 Å². The Morgan fingerprint density at radius 3 is 1.17 bits per heavy atom. The van der Waals surface area contributed by atoms with Gasteiger partial charge in [0.1, 0.15) is 0 Å². The summed E-state index contributed by atoms with van der Waals surface area (Å²) in [6.45, 7) is 0. The zero-order chi connectivity index (χ0) is 16.6. The summed E-state index contributed by atoms with van der Waals surface area (Å²) in [6.07, 6.45) is 0. The molecule has 9 heteroatoms. The smallest absolute Gasteiger partial charge is 0.775 e. The molecular weight excluding hydrogens is 391 g/mol. The molecule has 0 saturated carbocycles.